The number of alkyl halides is 5. The average molecular weight is 320 g/mol. The zero-order valence-corrected chi connectivity index (χ0v) is 10.7. The fourth-order valence-corrected chi connectivity index (χ4v) is 1.66. The zero-order valence-electron chi connectivity index (χ0n) is 10.7. The first-order valence-electron chi connectivity index (χ1n) is 5.80. The van der Waals surface area contributed by atoms with Crippen molar-refractivity contribution in [3.63, 3.8) is 0 Å². The van der Waals surface area contributed by atoms with Crippen molar-refractivity contribution in [3.8, 4) is 5.69 Å². The summed E-state index contributed by atoms with van der Waals surface area (Å²) >= 11 is 0. The van der Waals surface area contributed by atoms with Gasteiger partial charge in [0.05, 0.1) is 5.69 Å². The molecule has 2 amide bonds. The molecule has 2 rings (SSSR count). The van der Waals surface area contributed by atoms with E-state index in [0.29, 0.717) is 6.07 Å². The molecule has 5 nitrogen and oxygen atoms in total. The van der Waals surface area contributed by atoms with Crippen LogP contribution in [0.3, 0.4) is 0 Å². The molecule has 0 fully saturated rings. The standard InChI is InChI=1S/C12H9F5N4O/c13-11(14,12(15,16)17)8-6-9(19-10(18)22)21(20-8)7-4-2-1-3-5-7/h1-6H,(H3,18,19,22). The third-order valence-corrected chi connectivity index (χ3v) is 2.64. The van der Waals surface area contributed by atoms with E-state index in [-0.39, 0.29) is 5.69 Å². The van der Waals surface area contributed by atoms with Gasteiger partial charge in [-0.15, -0.1) is 0 Å². The Hall–Kier alpha value is -2.65. The second kappa shape index (κ2) is 5.28. The first kappa shape index (κ1) is 15.7. The fourth-order valence-electron chi connectivity index (χ4n) is 1.66. The predicted molar refractivity (Wildman–Crippen MR) is 66.7 cm³/mol. The molecule has 1 heterocycles. The molecule has 0 saturated heterocycles. The van der Waals surface area contributed by atoms with Crippen LogP contribution in [0.25, 0.3) is 5.69 Å². The Morgan fingerprint density at radius 2 is 1.73 bits per heavy atom. The Morgan fingerprint density at radius 1 is 1.14 bits per heavy atom. The minimum atomic E-state index is -5.81. The van der Waals surface area contributed by atoms with Crippen LogP contribution in [0.2, 0.25) is 0 Å². The third-order valence-electron chi connectivity index (χ3n) is 2.64. The van der Waals surface area contributed by atoms with Crippen molar-refractivity contribution in [1.29, 1.82) is 0 Å². The molecule has 0 aliphatic heterocycles. The Bertz CT molecular complexity index is 681. The van der Waals surface area contributed by atoms with Gasteiger partial charge in [-0.3, -0.25) is 5.32 Å². The number of amides is 2. The highest BCUT2D eigenvalue weighted by Crippen LogP contribution is 2.44. The normalized spacial score (nSPS) is 12.2. The maximum absolute atomic E-state index is 13.4. The minimum Gasteiger partial charge on any atom is -0.351 e. The first-order chi connectivity index (χ1) is 10.1. The van der Waals surface area contributed by atoms with E-state index in [0.717, 1.165) is 4.68 Å². The van der Waals surface area contributed by atoms with Crippen molar-refractivity contribution in [1.82, 2.24) is 9.78 Å². The average Bonchev–Trinajstić information content (AvgIpc) is 2.82. The van der Waals surface area contributed by atoms with Gasteiger partial charge in [0.15, 0.2) is 0 Å². The Labute approximate surface area is 120 Å². The molecular formula is C12H9F5N4O. The highest BCUT2D eigenvalue weighted by molar-refractivity contribution is 5.87. The number of halogens is 5. The molecule has 118 valence electrons. The van der Waals surface area contributed by atoms with Crippen molar-refractivity contribution in [3.05, 3.63) is 42.1 Å². The summed E-state index contributed by atoms with van der Waals surface area (Å²) in [6.45, 7) is 0. The van der Waals surface area contributed by atoms with Crippen LogP contribution < -0.4 is 11.1 Å². The van der Waals surface area contributed by atoms with Crippen LogP contribution in [0, 0.1) is 0 Å². The number of rotatable bonds is 3. The van der Waals surface area contributed by atoms with Gasteiger partial charge in [-0.2, -0.15) is 27.1 Å². The lowest BCUT2D eigenvalue weighted by molar-refractivity contribution is -0.291. The number of hydrogen-bond acceptors (Lipinski definition) is 2. The van der Waals surface area contributed by atoms with Gasteiger partial charge in [0.25, 0.3) is 0 Å². The van der Waals surface area contributed by atoms with Gasteiger partial charge in [-0.1, -0.05) is 18.2 Å². The molecule has 0 saturated carbocycles. The molecule has 0 unspecified atom stereocenters. The molecule has 0 atom stereocenters. The van der Waals surface area contributed by atoms with Crippen LogP contribution in [0.4, 0.5) is 32.6 Å². The largest absolute Gasteiger partial charge is 0.459 e. The van der Waals surface area contributed by atoms with E-state index in [1.54, 1.807) is 6.07 Å². The van der Waals surface area contributed by atoms with Crippen LogP contribution in [0.15, 0.2) is 36.4 Å². The molecule has 22 heavy (non-hydrogen) atoms. The van der Waals surface area contributed by atoms with E-state index in [9.17, 15) is 26.7 Å². The van der Waals surface area contributed by atoms with Gasteiger partial charge in [0.1, 0.15) is 11.5 Å². The Balaban J connectivity index is 2.56. The summed E-state index contributed by atoms with van der Waals surface area (Å²) in [4.78, 5) is 10.9. The minimum absolute atomic E-state index is 0.176. The van der Waals surface area contributed by atoms with Gasteiger partial charge >= 0.3 is 18.1 Å². The van der Waals surface area contributed by atoms with E-state index in [1.165, 1.54) is 24.3 Å². The molecular weight excluding hydrogens is 311 g/mol. The second-order valence-electron chi connectivity index (χ2n) is 4.22. The van der Waals surface area contributed by atoms with Gasteiger partial charge in [-0.25, -0.2) is 9.48 Å². The maximum Gasteiger partial charge on any atom is 0.459 e. The molecule has 0 aliphatic rings. The number of anilines is 1. The van der Waals surface area contributed by atoms with E-state index < -0.39 is 29.6 Å². The highest BCUT2D eigenvalue weighted by Gasteiger charge is 2.60. The Kier molecular flexibility index (Phi) is 3.77. The lowest BCUT2D eigenvalue weighted by atomic mass is 10.2. The van der Waals surface area contributed by atoms with Crippen molar-refractivity contribution in [2.24, 2.45) is 5.73 Å². The smallest absolute Gasteiger partial charge is 0.351 e. The summed E-state index contributed by atoms with van der Waals surface area (Å²) < 4.78 is 64.7. The van der Waals surface area contributed by atoms with Crippen molar-refractivity contribution < 1.29 is 26.7 Å². The van der Waals surface area contributed by atoms with E-state index in [1.807, 2.05) is 5.32 Å². The van der Waals surface area contributed by atoms with Gasteiger partial charge < -0.3 is 5.73 Å². The first-order valence-corrected chi connectivity index (χ1v) is 5.80. The number of aromatic nitrogens is 2. The molecule has 1 aromatic heterocycles. The number of hydrogen-bond donors (Lipinski definition) is 2. The van der Waals surface area contributed by atoms with Crippen LogP contribution >= 0.6 is 0 Å². The molecule has 3 N–H and O–H groups in total. The molecule has 0 spiro atoms. The molecule has 1 aromatic carbocycles. The van der Waals surface area contributed by atoms with Crippen molar-refractivity contribution in [2.75, 3.05) is 5.32 Å². The number of carbonyl (C=O) groups is 1. The van der Waals surface area contributed by atoms with Crippen molar-refractivity contribution in [2.45, 2.75) is 12.1 Å². The summed E-state index contributed by atoms with van der Waals surface area (Å²) in [6.07, 6.45) is -5.81. The van der Waals surface area contributed by atoms with Crippen LogP contribution in [-0.2, 0) is 5.92 Å². The molecule has 0 radical (unpaired) electrons. The maximum atomic E-state index is 13.4. The van der Waals surface area contributed by atoms with Gasteiger partial charge in [-0.05, 0) is 12.1 Å². The second-order valence-corrected chi connectivity index (χ2v) is 4.22. The zero-order chi connectivity index (χ0) is 16.5. The molecule has 0 aliphatic carbocycles. The number of carbonyl (C=O) groups excluding carboxylic acids is 1. The number of primary amides is 1. The number of nitrogens with one attached hydrogen (secondary N) is 1. The quantitative estimate of drug-likeness (QED) is 0.853. The lowest BCUT2D eigenvalue weighted by Crippen LogP contribution is -2.34. The van der Waals surface area contributed by atoms with Crippen LogP contribution in [-0.4, -0.2) is 22.0 Å². The fraction of sp³-hybridized carbons (Fsp3) is 0.167. The van der Waals surface area contributed by atoms with E-state index >= 15 is 0 Å². The predicted octanol–water partition coefficient (Wildman–Crippen LogP) is 3.02. The SMILES string of the molecule is NC(=O)Nc1cc(C(F)(F)C(F)(F)F)nn1-c1ccccc1. The third kappa shape index (κ3) is 2.85. The van der Waals surface area contributed by atoms with Crippen molar-refractivity contribution >= 4 is 11.8 Å². The topological polar surface area (TPSA) is 72.9 Å². The van der Waals surface area contributed by atoms with Crippen LogP contribution in [0.5, 0.6) is 0 Å². The monoisotopic (exact) mass is 320 g/mol. The summed E-state index contributed by atoms with van der Waals surface area (Å²) in [5.74, 6) is -5.57. The molecule has 10 heteroatoms. The lowest BCUT2D eigenvalue weighted by Gasteiger charge is -2.16. The summed E-state index contributed by atoms with van der Waals surface area (Å²) in [6, 6.07) is 6.77. The van der Waals surface area contributed by atoms with Gasteiger partial charge in [0.2, 0.25) is 0 Å². The summed E-state index contributed by atoms with van der Waals surface area (Å²) in [7, 11) is 0. The number of urea groups is 1. The molecule has 2 aromatic rings. The number of nitrogens with zero attached hydrogens (tertiary/aromatic N) is 2. The number of para-hydroxylation sites is 1. The Morgan fingerprint density at radius 3 is 2.23 bits per heavy atom. The molecule has 0 bridgehead atoms. The number of nitrogens with two attached hydrogens (primary N) is 1. The highest BCUT2D eigenvalue weighted by atomic mass is 19.4. The summed E-state index contributed by atoms with van der Waals surface area (Å²) in [5, 5.41) is 5.20. The van der Waals surface area contributed by atoms with Gasteiger partial charge in [0, 0.05) is 6.07 Å². The van der Waals surface area contributed by atoms with E-state index in [4.69, 9.17) is 5.73 Å². The number of benzene rings is 1. The van der Waals surface area contributed by atoms with E-state index in [2.05, 4.69) is 5.10 Å². The van der Waals surface area contributed by atoms with Crippen LogP contribution in [0.1, 0.15) is 5.69 Å². The summed E-state index contributed by atoms with van der Waals surface area (Å²) in [5.41, 5.74) is 3.50.